The molecule has 1 saturated carbocycles. The highest BCUT2D eigenvalue weighted by Gasteiger charge is 2.20. The SMILES string of the molecule is Cc1nc(Cn2cc(CNCC3CC3)nn2)cs1. The van der Waals surface area contributed by atoms with E-state index in [0.717, 1.165) is 35.4 Å². The zero-order valence-electron chi connectivity index (χ0n) is 10.5. The molecule has 0 unspecified atom stereocenters. The summed E-state index contributed by atoms with van der Waals surface area (Å²) in [6, 6.07) is 0. The second kappa shape index (κ2) is 5.16. The van der Waals surface area contributed by atoms with Gasteiger partial charge in [-0.15, -0.1) is 16.4 Å². The van der Waals surface area contributed by atoms with Gasteiger partial charge in [-0.05, 0) is 32.2 Å². The van der Waals surface area contributed by atoms with Crippen LogP contribution in [-0.4, -0.2) is 26.5 Å². The van der Waals surface area contributed by atoms with E-state index in [2.05, 4.69) is 26.0 Å². The molecule has 0 aliphatic heterocycles. The molecular weight excluding hydrogens is 246 g/mol. The molecule has 0 aromatic carbocycles. The van der Waals surface area contributed by atoms with Crippen molar-refractivity contribution in [3.8, 4) is 0 Å². The molecule has 0 saturated heterocycles. The van der Waals surface area contributed by atoms with E-state index in [1.54, 1.807) is 11.3 Å². The van der Waals surface area contributed by atoms with Gasteiger partial charge in [0, 0.05) is 11.9 Å². The summed E-state index contributed by atoms with van der Waals surface area (Å²) in [5.74, 6) is 0.901. The van der Waals surface area contributed by atoms with E-state index in [0.29, 0.717) is 6.54 Å². The van der Waals surface area contributed by atoms with Crippen LogP contribution in [0.4, 0.5) is 0 Å². The predicted octanol–water partition coefficient (Wildman–Crippen LogP) is 1.59. The fraction of sp³-hybridized carbons (Fsp3) is 0.583. The molecule has 0 amide bonds. The van der Waals surface area contributed by atoms with Crippen LogP contribution in [0.2, 0.25) is 0 Å². The molecule has 1 aliphatic carbocycles. The first-order chi connectivity index (χ1) is 8.79. The lowest BCUT2D eigenvalue weighted by molar-refractivity contribution is 0.625. The van der Waals surface area contributed by atoms with Crippen LogP contribution in [0.25, 0.3) is 0 Å². The smallest absolute Gasteiger partial charge is 0.0964 e. The van der Waals surface area contributed by atoms with Crippen molar-refractivity contribution in [1.29, 1.82) is 0 Å². The van der Waals surface area contributed by atoms with Crippen LogP contribution in [0.3, 0.4) is 0 Å². The quantitative estimate of drug-likeness (QED) is 0.860. The van der Waals surface area contributed by atoms with E-state index in [1.807, 2.05) is 17.8 Å². The lowest BCUT2D eigenvalue weighted by Gasteiger charge is -1.98. The number of aromatic nitrogens is 4. The lowest BCUT2D eigenvalue weighted by Crippen LogP contribution is -2.16. The second-order valence-electron chi connectivity index (χ2n) is 4.84. The van der Waals surface area contributed by atoms with Gasteiger partial charge in [0.2, 0.25) is 0 Å². The molecule has 1 N–H and O–H groups in total. The van der Waals surface area contributed by atoms with Crippen LogP contribution in [-0.2, 0) is 13.1 Å². The topological polar surface area (TPSA) is 55.6 Å². The maximum Gasteiger partial charge on any atom is 0.0964 e. The third-order valence-electron chi connectivity index (χ3n) is 3.01. The summed E-state index contributed by atoms with van der Waals surface area (Å²) in [5.41, 5.74) is 2.06. The molecule has 2 aromatic rings. The molecule has 96 valence electrons. The Morgan fingerprint density at radius 1 is 1.44 bits per heavy atom. The molecule has 18 heavy (non-hydrogen) atoms. The Kier molecular flexibility index (Phi) is 3.38. The van der Waals surface area contributed by atoms with Crippen molar-refractivity contribution in [2.24, 2.45) is 5.92 Å². The van der Waals surface area contributed by atoms with Gasteiger partial charge >= 0.3 is 0 Å². The average molecular weight is 263 g/mol. The van der Waals surface area contributed by atoms with Crippen LogP contribution < -0.4 is 5.32 Å². The second-order valence-corrected chi connectivity index (χ2v) is 5.90. The number of aryl methyl sites for hydroxylation is 1. The Hall–Kier alpha value is -1.27. The number of nitrogens with one attached hydrogen (secondary N) is 1. The van der Waals surface area contributed by atoms with Gasteiger partial charge < -0.3 is 5.32 Å². The molecule has 0 spiro atoms. The number of rotatable bonds is 6. The van der Waals surface area contributed by atoms with Crippen molar-refractivity contribution < 1.29 is 0 Å². The van der Waals surface area contributed by atoms with Crippen LogP contribution in [0.15, 0.2) is 11.6 Å². The summed E-state index contributed by atoms with van der Waals surface area (Å²) in [7, 11) is 0. The minimum absolute atomic E-state index is 0.708. The number of hydrogen-bond donors (Lipinski definition) is 1. The summed E-state index contributed by atoms with van der Waals surface area (Å²) in [4.78, 5) is 4.42. The van der Waals surface area contributed by atoms with Gasteiger partial charge in [0.15, 0.2) is 0 Å². The van der Waals surface area contributed by atoms with Crippen LogP contribution in [0.5, 0.6) is 0 Å². The van der Waals surface area contributed by atoms with Gasteiger partial charge in [-0.2, -0.15) is 0 Å². The zero-order chi connectivity index (χ0) is 12.4. The number of thiazole rings is 1. The molecule has 1 aliphatic rings. The van der Waals surface area contributed by atoms with E-state index >= 15 is 0 Å². The third kappa shape index (κ3) is 3.14. The van der Waals surface area contributed by atoms with E-state index in [-0.39, 0.29) is 0 Å². The van der Waals surface area contributed by atoms with Crippen LogP contribution >= 0.6 is 11.3 Å². The van der Waals surface area contributed by atoms with Crippen molar-refractivity contribution in [3.05, 3.63) is 28.0 Å². The molecule has 6 heteroatoms. The van der Waals surface area contributed by atoms with E-state index in [1.165, 1.54) is 12.8 Å². The molecule has 5 nitrogen and oxygen atoms in total. The van der Waals surface area contributed by atoms with Gasteiger partial charge in [0.1, 0.15) is 0 Å². The highest BCUT2D eigenvalue weighted by molar-refractivity contribution is 7.09. The Balaban J connectivity index is 1.52. The molecule has 0 bridgehead atoms. The van der Waals surface area contributed by atoms with Gasteiger partial charge in [0.25, 0.3) is 0 Å². The monoisotopic (exact) mass is 263 g/mol. The fourth-order valence-electron chi connectivity index (χ4n) is 1.87. The predicted molar refractivity (Wildman–Crippen MR) is 70.4 cm³/mol. The summed E-state index contributed by atoms with van der Waals surface area (Å²) >= 11 is 1.67. The molecular formula is C12H17N5S. The van der Waals surface area contributed by atoms with Crippen molar-refractivity contribution in [3.63, 3.8) is 0 Å². The van der Waals surface area contributed by atoms with Gasteiger partial charge in [-0.1, -0.05) is 5.21 Å². The summed E-state index contributed by atoms with van der Waals surface area (Å²) in [6.07, 6.45) is 4.75. The highest BCUT2D eigenvalue weighted by atomic mass is 32.1. The Bertz CT molecular complexity index is 514. The summed E-state index contributed by atoms with van der Waals surface area (Å²) < 4.78 is 1.85. The Labute approximate surface area is 110 Å². The molecule has 0 atom stereocenters. The Morgan fingerprint density at radius 2 is 2.33 bits per heavy atom. The van der Waals surface area contributed by atoms with Gasteiger partial charge in [-0.25, -0.2) is 9.67 Å². The van der Waals surface area contributed by atoms with E-state index < -0.39 is 0 Å². The molecule has 2 aromatic heterocycles. The summed E-state index contributed by atoms with van der Waals surface area (Å²) in [6.45, 7) is 4.65. The Morgan fingerprint density at radius 3 is 3.06 bits per heavy atom. The van der Waals surface area contributed by atoms with Crippen molar-refractivity contribution in [2.45, 2.75) is 32.9 Å². The largest absolute Gasteiger partial charge is 0.311 e. The number of hydrogen-bond acceptors (Lipinski definition) is 5. The third-order valence-corrected chi connectivity index (χ3v) is 3.84. The van der Waals surface area contributed by atoms with E-state index in [9.17, 15) is 0 Å². The highest BCUT2D eigenvalue weighted by Crippen LogP contribution is 2.27. The lowest BCUT2D eigenvalue weighted by atomic mass is 10.4. The summed E-state index contributed by atoms with van der Waals surface area (Å²) in [5, 5.41) is 14.9. The van der Waals surface area contributed by atoms with Crippen molar-refractivity contribution in [2.75, 3.05) is 6.54 Å². The first-order valence-electron chi connectivity index (χ1n) is 6.30. The van der Waals surface area contributed by atoms with Crippen LogP contribution in [0.1, 0.15) is 29.2 Å². The average Bonchev–Trinajstić information content (AvgIpc) is 2.92. The fourth-order valence-corrected chi connectivity index (χ4v) is 2.47. The van der Waals surface area contributed by atoms with Crippen molar-refractivity contribution in [1.82, 2.24) is 25.3 Å². The molecule has 1 fully saturated rings. The molecule has 3 rings (SSSR count). The maximum absolute atomic E-state index is 4.42. The van der Waals surface area contributed by atoms with Crippen LogP contribution in [0, 0.1) is 12.8 Å². The standard InChI is InChI=1S/C12H17N5S/c1-9-14-12(8-18-9)7-17-6-11(15-16-17)5-13-4-10-2-3-10/h6,8,10,13H,2-5,7H2,1H3. The minimum atomic E-state index is 0.708. The minimum Gasteiger partial charge on any atom is -0.311 e. The first kappa shape index (κ1) is 11.8. The normalized spacial score (nSPS) is 15.2. The van der Waals surface area contributed by atoms with Gasteiger partial charge in [0.05, 0.1) is 29.1 Å². The number of nitrogens with zero attached hydrogens (tertiary/aromatic N) is 4. The maximum atomic E-state index is 4.42. The van der Waals surface area contributed by atoms with Gasteiger partial charge in [-0.3, -0.25) is 0 Å². The molecule has 2 heterocycles. The first-order valence-corrected chi connectivity index (χ1v) is 7.18. The van der Waals surface area contributed by atoms with Crippen molar-refractivity contribution >= 4 is 11.3 Å². The molecule has 0 radical (unpaired) electrons. The zero-order valence-corrected chi connectivity index (χ0v) is 11.3. The van der Waals surface area contributed by atoms with E-state index in [4.69, 9.17) is 0 Å².